The molecular formula is C23H19F2N3O4S. The summed E-state index contributed by atoms with van der Waals surface area (Å²) >= 11 is 0. The van der Waals surface area contributed by atoms with Crippen LogP contribution in [0.1, 0.15) is 23.2 Å². The first-order valence-electron chi connectivity index (χ1n) is 10.0. The normalized spacial score (nSPS) is 13.8. The molecule has 4 rings (SSSR count). The van der Waals surface area contributed by atoms with Gasteiger partial charge in [0.25, 0.3) is 15.9 Å². The summed E-state index contributed by atoms with van der Waals surface area (Å²) in [6.45, 7) is 0.663. The van der Waals surface area contributed by atoms with Gasteiger partial charge < -0.3 is 10.2 Å². The van der Waals surface area contributed by atoms with Crippen LogP contribution in [-0.2, 0) is 14.8 Å². The average molecular weight is 471 g/mol. The van der Waals surface area contributed by atoms with Gasteiger partial charge >= 0.3 is 0 Å². The molecule has 1 heterocycles. The molecule has 0 aliphatic carbocycles. The zero-order valence-electron chi connectivity index (χ0n) is 17.2. The van der Waals surface area contributed by atoms with E-state index in [0.717, 1.165) is 24.2 Å². The molecular weight excluding hydrogens is 452 g/mol. The molecule has 0 radical (unpaired) electrons. The summed E-state index contributed by atoms with van der Waals surface area (Å²) < 4.78 is 53.4. The lowest BCUT2D eigenvalue weighted by atomic mass is 10.1. The minimum absolute atomic E-state index is 0.0625. The second kappa shape index (κ2) is 8.99. The molecule has 0 bridgehead atoms. The van der Waals surface area contributed by atoms with Crippen molar-refractivity contribution >= 4 is 38.9 Å². The Kier molecular flexibility index (Phi) is 6.10. The fourth-order valence-electron chi connectivity index (χ4n) is 3.40. The molecule has 0 saturated carbocycles. The number of hydrogen-bond donors (Lipinski definition) is 2. The molecule has 0 atom stereocenters. The molecule has 0 spiro atoms. The lowest BCUT2D eigenvalue weighted by Gasteiger charge is -2.16. The summed E-state index contributed by atoms with van der Waals surface area (Å²) in [4.78, 5) is 25.6. The molecule has 0 aromatic heterocycles. The number of rotatable bonds is 6. The van der Waals surface area contributed by atoms with Crippen LogP contribution < -0.4 is 14.9 Å². The predicted molar refractivity (Wildman–Crippen MR) is 120 cm³/mol. The van der Waals surface area contributed by atoms with E-state index in [9.17, 15) is 26.8 Å². The van der Waals surface area contributed by atoms with Crippen LogP contribution in [0, 0.1) is 11.6 Å². The van der Waals surface area contributed by atoms with Crippen molar-refractivity contribution in [3.05, 3.63) is 83.9 Å². The molecule has 1 aliphatic rings. The van der Waals surface area contributed by atoms with Crippen LogP contribution >= 0.6 is 0 Å². The summed E-state index contributed by atoms with van der Waals surface area (Å²) in [5.74, 6) is -2.72. The number of hydrogen-bond acceptors (Lipinski definition) is 4. The van der Waals surface area contributed by atoms with Gasteiger partial charge in [0.15, 0.2) is 11.6 Å². The molecule has 10 heteroatoms. The van der Waals surface area contributed by atoms with E-state index in [1.807, 2.05) is 0 Å². The molecule has 2 amide bonds. The van der Waals surface area contributed by atoms with E-state index < -0.39 is 26.6 Å². The summed E-state index contributed by atoms with van der Waals surface area (Å²) in [7, 11) is -4.12. The number of anilines is 3. The van der Waals surface area contributed by atoms with Crippen molar-refractivity contribution in [3.63, 3.8) is 0 Å². The smallest absolute Gasteiger partial charge is 0.261 e. The van der Waals surface area contributed by atoms with Gasteiger partial charge in [-0.3, -0.25) is 14.3 Å². The topological polar surface area (TPSA) is 95.6 Å². The molecule has 1 saturated heterocycles. The first-order valence-corrected chi connectivity index (χ1v) is 11.5. The first kappa shape index (κ1) is 22.4. The number of nitrogens with zero attached hydrogens (tertiary/aromatic N) is 1. The molecule has 1 aliphatic heterocycles. The van der Waals surface area contributed by atoms with E-state index in [1.54, 1.807) is 29.2 Å². The standard InChI is InChI=1S/C23H19F2N3O4S/c24-20-12-11-19(14-21(20)25)33(31,32)27-17-7-5-16(6-8-17)26-23(30)15-3-9-18(10-4-15)28-13-1-2-22(28)29/h3-12,14,27H,1-2,13H2,(H,26,30). The van der Waals surface area contributed by atoms with Crippen LogP contribution in [0.15, 0.2) is 71.6 Å². The SMILES string of the molecule is O=C(Nc1ccc(NS(=O)(=O)c2ccc(F)c(F)c2)cc1)c1ccc(N2CCCC2=O)cc1. The highest BCUT2D eigenvalue weighted by Gasteiger charge is 2.22. The van der Waals surface area contributed by atoms with Gasteiger partial charge in [-0.25, -0.2) is 17.2 Å². The van der Waals surface area contributed by atoms with E-state index in [0.29, 0.717) is 30.3 Å². The lowest BCUT2D eigenvalue weighted by molar-refractivity contribution is -0.117. The van der Waals surface area contributed by atoms with Crippen molar-refractivity contribution in [1.82, 2.24) is 0 Å². The van der Waals surface area contributed by atoms with Crippen molar-refractivity contribution in [2.75, 3.05) is 21.5 Å². The Morgan fingerprint density at radius 3 is 2.15 bits per heavy atom. The zero-order valence-corrected chi connectivity index (χ0v) is 18.0. The summed E-state index contributed by atoms with van der Waals surface area (Å²) in [5, 5.41) is 2.70. The highest BCUT2D eigenvalue weighted by molar-refractivity contribution is 7.92. The van der Waals surface area contributed by atoms with E-state index in [1.165, 1.54) is 24.3 Å². The Morgan fingerprint density at radius 1 is 0.879 bits per heavy atom. The van der Waals surface area contributed by atoms with Crippen LogP contribution in [0.25, 0.3) is 0 Å². The molecule has 2 N–H and O–H groups in total. The van der Waals surface area contributed by atoms with Crippen LogP contribution in [-0.4, -0.2) is 26.8 Å². The van der Waals surface area contributed by atoms with Crippen LogP contribution in [0.4, 0.5) is 25.8 Å². The Morgan fingerprint density at radius 2 is 1.55 bits per heavy atom. The highest BCUT2D eigenvalue weighted by Crippen LogP contribution is 2.23. The summed E-state index contributed by atoms with van der Waals surface area (Å²) in [6, 6.07) is 14.8. The number of carbonyl (C=O) groups is 2. The monoisotopic (exact) mass is 471 g/mol. The number of amides is 2. The molecule has 170 valence electrons. The van der Waals surface area contributed by atoms with Gasteiger partial charge in [-0.15, -0.1) is 0 Å². The maximum absolute atomic E-state index is 13.4. The van der Waals surface area contributed by atoms with Crippen molar-refractivity contribution < 1.29 is 26.8 Å². The zero-order chi connectivity index (χ0) is 23.6. The number of carbonyl (C=O) groups excluding carboxylic acids is 2. The van der Waals surface area contributed by atoms with Gasteiger partial charge in [0.1, 0.15) is 0 Å². The van der Waals surface area contributed by atoms with Gasteiger partial charge in [0.05, 0.1) is 4.90 Å². The third-order valence-corrected chi connectivity index (χ3v) is 6.49. The maximum Gasteiger partial charge on any atom is 0.261 e. The Labute approximate surface area is 189 Å². The van der Waals surface area contributed by atoms with E-state index >= 15 is 0 Å². The van der Waals surface area contributed by atoms with Crippen LogP contribution in [0.5, 0.6) is 0 Å². The third kappa shape index (κ3) is 5.01. The second-order valence-electron chi connectivity index (χ2n) is 7.41. The van der Waals surface area contributed by atoms with E-state index in [-0.39, 0.29) is 17.5 Å². The number of benzene rings is 3. The lowest BCUT2D eigenvalue weighted by Crippen LogP contribution is -2.23. The number of halogens is 2. The van der Waals surface area contributed by atoms with Crippen LogP contribution in [0.3, 0.4) is 0 Å². The Bertz CT molecular complexity index is 1310. The van der Waals surface area contributed by atoms with E-state index in [2.05, 4.69) is 10.0 Å². The minimum atomic E-state index is -4.12. The van der Waals surface area contributed by atoms with Gasteiger partial charge in [-0.05, 0) is 73.2 Å². The Hall–Kier alpha value is -3.79. The maximum atomic E-state index is 13.4. The second-order valence-corrected chi connectivity index (χ2v) is 9.09. The van der Waals surface area contributed by atoms with Crippen LogP contribution in [0.2, 0.25) is 0 Å². The number of nitrogens with one attached hydrogen (secondary N) is 2. The molecule has 1 fully saturated rings. The largest absolute Gasteiger partial charge is 0.322 e. The predicted octanol–water partition coefficient (Wildman–Crippen LogP) is 4.14. The first-order chi connectivity index (χ1) is 15.7. The van der Waals surface area contributed by atoms with E-state index in [4.69, 9.17) is 0 Å². The minimum Gasteiger partial charge on any atom is -0.322 e. The highest BCUT2D eigenvalue weighted by atomic mass is 32.2. The molecule has 0 unspecified atom stereocenters. The average Bonchev–Trinajstić information content (AvgIpc) is 3.22. The molecule has 33 heavy (non-hydrogen) atoms. The van der Waals surface area contributed by atoms with Crippen molar-refractivity contribution in [1.29, 1.82) is 0 Å². The fourth-order valence-corrected chi connectivity index (χ4v) is 4.47. The molecule has 7 nitrogen and oxygen atoms in total. The molecule has 3 aromatic carbocycles. The van der Waals surface area contributed by atoms with Gasteiger partial charge in [-0.2, -0.15) is 0 Å². The summed E-state index contributed by atoms with van der Waals surface area (Å²) in [6.07, 6.45) is 1.34. The van der Waals surface area contributed by atoms with Gasteiger partial charge in [-0.1, -0.05) is 0 Å². The quantitative estimate of drug-likeness (QED) is 0.565. The van der Waals surface area contributed by atoms with Gasteiger partial charge in [0.2, 0.25) is 5.91 Å². The van der Waals surface area contributed by atoms with Crippen molar-refractivity contribution in [2.45, 2.75) is 17.7 Å². The van der Waals surface area contributed by atoms with Crippen molar-refractivity contribution in [3.8, 4) is 0 Å². The van der Waals surface area contributed by atoms with Gasteiger partial charge in [0, 0.05) is 35.6 Å². The summed E-state index contributed by atoms with van der Waals surface area (Å²) in [5.41, 5.74) is 1.74. The van der Waals surface area contributed by atoms with Crippen molar-refractivity contribution in [2.24, 2.45) is 0 Å². The fraction of sp³-hybridized carbons (Fsp3) is 0.130. The third-order valence-electron chi connectivity index (χ3n) is 5.11. The number of sulfonamides is 1. The molecule has 3 aromatic rings. The Balaban J connectivity index is 1.40.